The predicted octanol–water partition coefficient (Wildman–Crippen LogP) is 4.43. The van der Waals surface area contributed by atoms with Gasteiger partial charge in [-0.25, -0.2) is 8.78 Å². The highest BCUT2D eigenvalue weighted by Crippen LogP contribution is 2.46. The number of benzene rings is 3. The summed E-state index contributed by atoms with van der Waals surface area (Å²) in [6.07, 6.45) is 2.26. The number of hydrogen-bond acceptors (Lipinski definition) is 8. The number of aliphatic hydroxyl groups excluding tert-OH is 1. The highest BCUT2D eigenvalue weighted by Gasteiger charge is 2.49. The van der Waals surface area contributed by atoms with Crippen LogP contribution in [0.2, 0.25) is 1.41 Å². The maximum Gasteiger partial charge on any atom is 0.325 e. The molecule has 2 aliphatic rings. The lowest BCUT2D eigenvalue weighted by Gasteiger charge is -2.47. The molecule has 288 valence electrons. The Morgan fingerprint density at radius 1 is 0.963 bits per heavy atom. The summed E-state index contributed by atoms with van der Waals surface area (Å²) in [6.45, 7) is 0.0818. The Balaban J connectivity index is 1.18. The minimum absolute atomic E-state index is 0.148. The van der Waals surface area contributed by atoms with E-state index in [1.807, 2.05) is 0 Å². The monoisotopic (exact) mass is 768 g/mol. The van der Waals surface area contributed by atoms with Crippen LogP contribution in [0.5, 0.6) is 5.75 Å². The summed E-state index contributed by atoms with van der Waals surface area (Å²) in [4.78, 5) is 64.9. The molecule has 1 heterocycles. The lowest BCUT2D eigenvalue weighted by atomic mass is 9.84. The van der Waals surface area contributed by atoms with Gasteiger partial charge in [0.2, 0.25) is 17.7 Å². The lowest BCUT2D eigenvalue weighted by molar-refractivity contribution is -0.141. The first-order valence-electron chi connectivity index (χ1n) is 18.6. The second-order valence-electron chi connectivity index (χ2n) is 13.2. The van der Waals surface area contributed by atoms with Gasteiger partial charge in [0.25, 0.3) is 5.91 Å². The van der Waals surface area contributed by atoms with Gasteiger partial charge in [0.05, 0.1) is 18.7 Å². The molecule has 0 spiro atoms. The molecular formula is C39H44F2N4O8S. The molecule has 15 heteroatoms. The Morgan fingerprint density at radius 3 is 2.22 bits per heavy atom. The van der Waals surface area contributed by atoms with Crippen LogP contribution in [0.3, 0.4) is 0 Å². The summed E-state index contributed by atoms with van der Waals surface area (Å²) in [5.41, 5.74) is 1.67. The maximum absolute atomic E-state index is 13.7. The maximum atomic E-state index is 13.7. The zero-order valence-corrected chi connectivity index (χ0v) is 30.4. The van der Waals surface area contributed by atoms with Gasteiger partial charge in [-0.1, -0.05) is 56.4 Å². The summed E-state index contributed by atoms with van der Waals surface area (Å²) in [5.74, 6) is -5.61. The van der Waals surface area contributed by atoms with E-state index in [1.165, 1.54) is 72.1 Å². The molecule has 1 aliphatic heterocycles. The van der Waals surface area contributed by atoms with Gasteiger partial charge in [-0.05, 0) is 78.9 Å². The highest BCUT2D eigenvalue weighted by molar-refractivity contribution is 8.00. The molecule has 4 amide bonds. The summed E-state index contributed by atoms with van der Waals surface area (Å²) < 4.78 is 49.9. The number of amides is 4. The van der Waals surface area contributed by atoms with Gasteiger partial charge in [-0.15, -0.1) is 11.8 Å². The molecule has 12 nitrogen and oxygen atoms in total. The van der Waals surface area contributed by atoms with Gasteiger partial charge >= 0.3 is 5.97 Å². The van der Waals surface area contributed by atoms with Crippen molar-refractivity contribution >= 4 is 47.0 Å². The fourth-order valence-electron chi connectivity index (χ4n) is 6.27. The van der Waals surface area contributed by atoms with Crippen LogP contribution in [0, 0.1) is 17.5 Å². The number of thioether (sulfide) groups is 1. The third kappa shape index (κ3) is 10.8. The molecule has 3 aromatic rings. The Kier molecular flexibility index (Phi) is 13.0. The first-order chi connectivity index (χ1) is 26.7. The molecule has 0 bridgehead atoms. The summed E-state index contributed by atoms with van der Waals surface area (Å²) >= 11 is 1.23. The van der Waals surface area contributed by atoms with Crippen LogP contribution in [0.4, 0.5) is 14.5 Å². The first kappa shape index (κ1) is 37.3. The van der Waals surface area contributed by atoms with Crippen LogP contribution in [0.15, 0.2) is 72.8 Å². The number of aliphatic hydroxyl groups is 1. The van der Waals surface area contributed by atoms with E-state index in [2.05, 4.69) is 10.6 Å². The number of halogens is 2. The van der Waals surface area contributed by atoms with Gasteiger partial charge in [-0.2, -0.15) is 0 Å². The molecule has 0 radical (unpaired) electrons. The molecule has 1 aliphatic carbocycles. The van der Waals surface area contributed by atoms with Crippen LogP contribution in [0.25, 0.3) is 0 Å². The number of ether oxygens (including phenoxy) is 1. The number of carboxylic acids is 1. The van der Waals surface area contributed by atoms with Gasteiger partial charge in [0, 0.05) is 12.8 Å². The molecular weight excluding hydrogens is 723 g/mol. The molecule has 5 N–H and O–H groups in total. The van der Waals surface area contributed by atoms with Gasteiger partial charge < -0.3 is 35.8 Å². The van der Waals surface area contributed by atoms with E-state index in [0.717, 1.165) is 19.3 Å². The van der Waals surface area contributed by atoms with Crippen LogP contribution in [-0.2, 0) is 24.0 Å². The largest absolute Gasteiger partial charge is 0.484 e. The van der Waals surface area contributed by atoms with E-state index < -0.39 is 83.9 Å². The second kappa shape index (κ2) is 18.8. The van der Waals surface area contributed by atoms with Crippen molar-refractivity contribution in [3.05, 3.63) is 95.6 Å². The molecule has 3 aromatic carbocycles. The molecule has 5 rings (SSSR count). The molecule has 0 aromatic heterocycles. The number of carboxylic acid groups (broad SMARTS) is 1. The Bertz CT molecular complexity index is 1870. The van der Waals surface area contributed by atoms with Crippen molar-refractivity contribution in [1.29, 1.82) is 0 Å². The first-order valence-corrected chi connectivity index (χ1v) is 18.7. The molecule has 1 saturated heterocycles. The average Bonchev–Trinajstić information content (AvgIpc) is 3.18. The third-order valence-electron chi connectivity index (χ3n) is 9.24. The summed E-state index contributed by atoms with van der Waals surface area (Å²) in [5, 5.41) is 24.4. The van der Waals surface area contributed by atoms with Gasteiger partial charge in [0.15, 0.2) is 8.02 Å². The van der Waals surface area contributed by atoms with E-state index >= 15 is 0 Å². The van der Waals surface area contributed by atoms with Gasteiger partial charge in [0.1, 0.15) is 34.7 Å². The number of aliphatic carboxylic acids is 1. The zero-order chi connectivity index (χ0) is 40.6. The lowest BCUT2D eigenvalue weighted by Crippen LogP contribution is -2.57. The van der Waals surface area contributed by atoms with Crippen LogP contribution >= 0.6 is 11.8 Å². The van der Waals surface area contributed by atoms with E-state index in [-0.39, 0.29) is 23.8 Å². The number of anilines is 1. The van der Waals surface area contributed by atoms with Crippen molar-refractivity contribution < 1.29 is 50.5 Å². The Morgan fingerprint density at radius 2 is 1.59 bits per heavy atom. The van der Waals surface area contributed by atoms with Crippen molar-refractivity contribution in [1.82, 2.24) is 15.9 Å². The zero-order valence-electron chi connectivity index (χ0n) is 31.6. The smallest absolute Gasteiger partial charge is 0.325 e. The number of carbonyl (C=O) groups excluding carboxylic acids is 4. The molecule has 1 saturated carbocycles. The van der Waals surface area contributed by atoms with E-state index in [9.17, 15) is 43.0 Å². The van der Waals surface area contributed by atoms with Crippen LogP contribution in [0.1, 0.15) is 70.1 Å². The second-order valence-corrected chi connectivity index (χ2v) is 14.4. The number of hydrogen-bond donors (Lipinski definition) is 5. The number of β-lactam (4-membered cyclic amide) rings is 1. The SMILES string of the molecule is [2H]N(C(=O)CNC(=O)COc1ccc([C@@H]2[C@@H](SC[C@H](O)c3ccc(F)cc3)C(=O)N2c2ccc(F)cc2)cc1)[C@@H](CC1([2H])CCCCC1)C(=O)N[C@@H](C)C(=O)O. The molecule has 5 atom stereocenters. The van der Waals surface area contributed by atoms with Crippen LogP contribution < -0.4 is 25.6 Å². The minimum Gasteiger partial charge on any atom is -0.484 e. The van der Waals surface area contributed by atoms with Crippen molar-refractivity contribution in [2.45, 2.75) is 74.9 Å². The highest BCUT2D eigenvalue weighted by atomic mass is 32.2. The van der Waals surface area contributed by atoms with E-state index in [4.69, 9.17) is 7.52 Å². The van der Waals surface area contributed by atoms with E-state index in [1.54, 1.807) is 24.3 Å². The van der Waals surface area contributed by atoms with Crippen molar-refractivity contribution in [2.75, 3.05) is 23.8 Å². The van der Waals surface area contributed by atoms with Crippen molar-refractivity contribution in [2.24, 2.45) is 5.89 Å². The number of nitrogens with zero attached hydrogens (tertiary/aromatic N) is 1. The van der Waals surface area contributed by atoms with Gasteiger partial charge in [-0.3, -0.25) is 24.0 Å². The summed E-state index contributed by atoms with van der Waals surface area (Å²) in [7, 11) is 0. The Labute approximate surface area is 318 Å². The quantitative estimate of drug-likeness (QED) is 0.125. The fraction of sp³-hybridized carbons (Fsp3) is 0.410. The summed E-state index contributed by atoms with van der Waals surface area (Å²) in [6, 6.07) is 14.3. The molecule has 54 heavy (non-hydrogen) atoms. The molecule has 2 fully saturated rings. The standard InChI is InChI=1S/C39H44F2N4O8S/c1-23(39(51)52)43-37(49)31(19-24-5-3-2-4-6-24)44-33(47)20-42-34(48)21-53-30-17-9-26(10-18-30)35-36(38(50)45(35)29-15-13-28(41)14-16-29)54-22-32(46)25-7-11-27(40)12-8-25/h7-18,23-24,31-32,35-36,46H,2-6,19-22H2,1H3,(H,42,48)(H,43,49)(H,44,47)(H,51,52)/t23-,31-,32-,35+,36+/m0/s1/i24D/hD. The topological polar surface area (TPSA) is 174 Å². The number of carbonyl (C=O) groups is 5. The fourth-order valence-corrected chi connectivity index (χ4v) is 7.57. The Hall–Kier alpha value is -5.02. The third-order valence-corrected chi connectivity index (χ3v) is 10.6. The number of nitrogens with one attached hydrogen (secondary N) is 3. The van der Waals surface area contributed by atoms with Crippen LogP contribution in [-0.4, -0.2) is 76.0 Å². The number of rotatable bonds is 17. The van der Waals surface area contributed by atoms with E-state index in [0.29, 0.717) is 35.0 Å². The average molecular weight is 769 g/mol. The minimum atomic E-state index is -1.45. The van der Waals surface area contributed by atoms with Crippen molar-refractivity contribution in [3.63, 3.8) is 0 Å². The molecule has 0 unspecified atom stereocenters. The van der Waals surface area contributed by atoms with Crippen molar-refractivity contribution in [3.8, 4) is 5.75 Å². The normalized spacial score (nSPS) is 19.9. The predicted molar refractivity (Wildman–Crippen MR) is 198 cm³/mol.